The molecule has 0 atom stereocenters. The second-order valence-corrected chi connectivity index (χ2v) is 5.47. The zero-order chi connectivity index (χ0) is 19.4. The molecule has 27 heavy (non-hydrogen) atoms. The highest BCUT2D eigenvalue weighted by Gasteiger charge is 2.30. The van der Waals surface area contributed by atoms with Crippen LogP contribution in [0.1, 0.15) is 16.1 Å². The minimum atomic E-state index is -4.45. The molecule has 0 fully saturated rings. The molecule has 0 saturated heterocycles. The number of benzene rings is 2. The predicted molar refractivity (Wildman–Crippen MR) is 91.1 cm³/mol. The Morgan fingerprint density at radius 1 is 0.889 bits per heavy atom. The van der Waals surface area contributed by atoms with Crippen LogP contribution >= 0.6 is 0 Å². The fourth-order valence-corrected chi connectivity index (χ4v) is 2.17. The summed E-state index contributed by atoms with van der Waals surface area (Å²) in [6.45, 7) is 0. The minimum Gasteiger partial charge on any atom is -0.339 e. The molecule has 0 radical (unpaired) electrons. The van der Waals surface area contributed by atoms with E-state index in [2.05, 4.69) is 20.8 Å². The van der Waals surface area contributed by atoms with E-state index in [0.29, 0.717) is 11.5 Å². The topological polar surface area (TPSA) is 66.9 Å². The van der Waals surface area contributed by atoms with Gasteiger partial charge in [0.05, 0.1) is 5.56 Å². The minimum absolute atomic E-state index is 0.0281. The summed E-state index contributed by atoms with van der Waals surface area (Å²) < 4.78 is 50.7. The lowest BCUT2D eigenvalue weighted by Crippen LogP contribution is -2.15. The maximum absolute atomic E-state index is 13.1. The van der Waals surface area contributed by atoms with Gasteiger partial charge in [-0.2, -0.15) is 13.2 Å². The van der Waals surface area contributed by atoms with Crippen LogP contribution in [0.15, 0.2) is 60.7 Å². The van der Waals surface area contributed by atoms with Crippen molar-refractivity contribution in [2.45, 2.75) is 6.18 Å². The lowest BCUT2D eigenvalue weighted by molar-refractivity contribution is -0.137. The highest BCUT2D eigenvalue weighted by atomic mass is 19.4. The van der Waals surface area contributed by atoms with Gasteiger partial charge in [-0.1, -0.05) is 6.07 Å². The lowest BCUT2D eigenvalue weighted by atomic mass is 10.2. The summed E-state index contributed by atoms with van der Waals surface area (Å²) in [5.41, 5.74) is -0.184. The summed E-state index contributed by atoms with van der Waals surface area (Å²) in [7, 11) is 0. The van der Waals surface area contributed by atoms with Crippen LogP contribution < -0.4 is 10.6 Å². The zero-order valence-corrected chi connectivity index (χ0v) is 13.6. The molecule has 1 heterocycles. The molecule has 138 valence electrons. The average molecular weight is 376 g/mol. The Morgan fingerprint density at radius 3 is 2.22 bits per heavy atom. The van der Waals surface area contributed by atoms with E-state index in [9.17, 15) is 22.4 Å². The van der Waals surface area contributed by atoms with Crippen molar-refractivity contribution in [1.82, 2.24) is 10.2 Å². The van der Waals surface area contributed by atoms with Gasteiger partial charge in [-0.3, -0.25) is 4.79 Å². The van der Waals surface area contributed by atoms with Crippen molar-refractivity contribution in [3.8, 4) is 0 Å². The third kappa shape index (κ3) is 4.78. The van der Waals surface area contributed by atoms with Gasteiger partial charge >= 0.3 is 6.18 Å². The first-order valence-corrected chi connectivity index (χ1v) is 7.66. The first kappa shape index (κ1) is 18.3. The molecule has 0 aliphatic heterocycles. The molecule has 3 rings (SSSR count). The standard InChI is InChI=1S/C18H12F4N4O/c19-12-2-1-3-14(10-12)23-16-9-8-15(25-26-16)17(27)24-13-6-4-11(5-7-13)18(20,21)22/h1-10H,(H,23,26)(H,24,27). The maximum atomic E-state index is 13.1. The number of hydrogen-bond acceptors (Lipinski definition) is 4. The van der Waals surface area contributed by atoms with Crippen molar-refractivity contribution < 1.29 is 22.4 Å². The number of anilines is 3. The van der Waals surface area contributed by atoms with Gasteiger partial charge in [0.25, 0.3) is 5.91 Å². The zero-order valence-electron chi connectivity index (χ0n) is 13.6. The van der Waals surface area contributed by atoms with E-state index < -0.39 is 23.5 Å². The van der Waals surface area contributed by atoms with Crippen molar-refractivity contribution in [3.63, 3.8) is 0 Å². The average Bonchev–Trinajstić information content (AvgIpc) is 2.62. The number of amides is 1. The van der Waals surface area contributed by atoms with E-state index in [1.807, 2.05) is 0 Å². The Morgan fingerprint density at radius 2 is 1.63 bits per heavy atom. The predicted octanol–water partition coefficient (Wildman–Crippen LogP) is 4.63. The van der Waals surface area contributed by atoms with Crippen LogP contribution in [-0.4, -0.2) is 16.1 Å². The van der Waals surface area contributed by atoms with E-state index in [1.54, 1.807) is 6.07 Å². The van der Waals surface area contributed by atoms with Crippen molar-refractivity contribution >= 4 is 23.1 Å². The first-order valence-electron chi connectivity index (χ1n) is 7.66. The molecule has 0 aliphatic carbocycles. The number of carbonyl (C=O) groups excluding carboxylic acids is 1. The number of rotatable bonds is 4. The van der Waals surface area contributed by atoms with Crippen LogP contribution in [0.2, 0.25) is 0 Å². The van der Waals surface area contributed by atoms with Gasteiger partial charge in [0.15, 0.2) is 11.5 Å². The second-order valence-electron chi connectivity index (χ2n) is 5.47. The van der Waals surface area contributed by atoms with Gasteiger partial charge < -0.3 is 10.6 Å². The molecule has 2 N–H and O–H groups in total. The summed E-state index contributed by atoms with van der Waals surface area (Å²) in [5.74, 6) is -0.744. The first-order chi connectivity index (χ1) is 12.8. The summed E-state index contributed by atoms with van der Waals surface area (Å²) in [6, 6.07) is 12.6. The fourth-order valence-electron chi connectivity index (χ4n) is 2.17. The largest absolute Gasteiger partial charge is 0.416 e. The van der Waals surface area contributed by atoms with Gasteiger partial charge in [-0.05, 0) is 54.6 Å². The van der Waals surface area contributed by atoms with Gasteiger partial charge in [0.1, 0.15) is 5.82 Å². The van der Waals surface area contributed by atoms with E-state index in [4.69, 9.17) is 0 Å². The van der Waals surface area contributed by atoms with E-state index in [-0.39, 0.29) is 11.4 Å². The molecule has 1 amide bonds. The Kier molecular flexibility index (Phi) is 5.02. The fraction of sp³-hybridized carbons (Fsp3) is 0.0556. The van der Waals surface area contributed by atoms with Crippen LogP contribution in [-0.2, 0) is 6.18 Å². The lowest BCUT2D eigenvalue weighted by Gasteiger charge is -2.09. The van der Waals surface area contributed by atoms with Gasteiger partial charge in [-0.25, -0.2) is 4.39 Å². The van der Waals surface area contributed by atoms with Gasteiger partial charge in [-0.15, -0.1) is 10.2 Å². The smallest absolute Gasteiger partial charge is 0.339 e. The molecule has 3 aromatic rings. The molecular weight excluding hydrogens is 364 g/mol. The van der Waals surface area contributed by atoms with Crippen LogP contribution in [0, 0.1) is 5.82 Å². The Labute approximate surface area is 151 Å². The van der Waals surface area contributed by atoms with E-state index >= 15 is 0 Å². The Hall–Kier alpha value is -3.49. The van der Waals surface area contributed by atoms with Crippen LogP contribution in [0.25, 0.3) is 0 Å². The monoisotopic (exact) mass is 376 g/mol. The number of halogens is 4. The molecule has 0 saturated carbocycles. The van der Waals surface area contributed by atoms with Crippen molar-refractivity contribution in [2.24, 2.45) is 0 Å². The van der Waals surface area contributed by atoms with Crippen molar-refractivity contribution in [1.29, 1.82) is 0 Å². The molecule has 0 bridgehead atoms. The normalized spacial score (nSPS) is 11.1. The Balaban J connectivity index is 1.65. The number of aromatic nitrogens is 2. The van der Waals surface area contributed by atoms with Crippen LogP contribution in [0.3, 0.4) is 0 Å². The molecule has 1 aromatic heterocycles. The highest BCUT2D eigenvalue weighted by Crippen LogP contribution is 2.29. The molecule has 0 aliphatic rings. The van der Waals surface area contributed by atoms with E-state index in [1.165, 1.54) is 30.3 Å². The summed E-state index contributed by atoms with van der Waals surface area (Å²) in [4.78, 5) is 12.1. The molecule has 5 nitrogen and oxygen atoms in total. The number of hydrogen-bond donors (Lipinski definition) is 2. The van der Waals surface area contributed by atoms with Gasteiger partial charge in [0, 0.05) is 11.4 Å². The number of carbonyl (C=O) groups is 1. The van der Waals surface area contributed by atoms with E-state index in [0.717, 1.165) is 24.3 Å². The summed E-state index contributed by atoms with van der Waals surface area (Å²) in [6.07, 6.45) is -4.45. The Bertz CT molecular complexity index is 941. The third-order valence-corrected chi connectivity index (χ3v) is 3.46. The number of alkyl halides is 3. The van der Waals surface area contributed by atoms with Gasteiger partial charge in [0.2, 0.25) is 0 Å². The molecule has 0 unspecified atom stereocenters. The van der Waals surface area contributed by atoms with Crippen molar-refractivity contribution in [3.05, 3.63) is 77.7 Å². The maximum Gasteiger partial charge on any atom is 0.416 e. The van der Waals surface area contributed by atoms with Crippen LogP contribution in [0.5, 0.6) is 0 Å². The molecule has 2 aromatic carbocycles. The molecule has 0 spiro atoms. The SMILES string of the molecule is O=C(Nc1ccc(C(F)(F)F)cc1)c1ccc(Nc2cccc(F)c2)nn1. The molecule has 9 heteroatoms. The molecular formula is C18H12F4N4O. The van der Waals surface area contributed by atoms with Crippen LogP contribution in [0.4, 0.5) is 34.8 Å². The second kappa shape index (κ2) is 7.40. The number of nitrogens with zero attached hydrogens (tertiary/aromatic N) is 2. The number of nitrogens with one attached hydrogen (secondary N) is 2. The summed E-state index contributed by atoms with van der Waals surface area (Å²) >= 11 is 0. The third-order valence-electron chi connectivity index (χ3n) is 3.46. The van der Waals surface area contributed by atoms with Crippen molar-refractivity contribution in [2.75, 3.05) is 10.6 Å². The summed E-state index contributed by atoms with van der Waals surface area (Å²) in [5, 5.41) is 12.8. The quantitative estimate of drug-likeness (QED) is 0.652. The highest BCUT2D eigenvalue weighted by molar-refractivity contribution is 6.02.